The number of aryl methyl sites for hydroxylation is 2. The number of hydrogen-bond donors (Lipinski definition) is 3. The van der Waals surface area contributed by atoms with Gasteiger partial charge in [-0.05, 0) is 62.1 Å². The topological polar surface area (TPSA) is 109 Å². The van der Waals surface area contributed by atoms with E-state index in [2.05, 4.69) is 32.7 Å². The van der Waals surface area contributed by atoms with Crippen molar-refractivity contribution >= 4 is 17.6 Å². The van der Waals surface area contributed by atoms with Crippen LogP contribution in [0.25, 0.3) is 0 Å². The third-order valence-electron chi connectivity index (χ3n) is 6.66. The number of ether oxygens (including phenoxy) is 1. The van der Waals surface area contributed by atoms with E-state index in [-0.39, 0.29) is 11.5 Å². The van der Waals surface area contributed by atoms with Crippen molar-refractivity contribution in [3.63, 3.8) is 0 Å². The number of nitrogens with zero attached hydrogens (tertiary/aromatic N) is 3. The third-order valence-corrected chi connectivity index (χ3v) is 6.66. The molecule has 1 aliphatic carbocycles. The molecular formula is C26H37N5O3. The van der Waals surface area contributed by atoms with Gasteiger partial charge in [-0.15, -0.1) is 0 Å². The van der Waals surface area contributed by atoms with Crippen LogP contribution in [0.5, 0.6) is 0 Å². The molecule has 8 heteroatoms. The minimum absolute atomic E-state index is 0.201. The Labute approximate surface area is 202 Å². The van der Waals surface area contributed by atoms with E-state index < -0.39 is 12.0 Å². The van der Waals surface area contributed by atoms with E-state index in [0.717, 1.165) is 50.2 Å². The van der Waals surface area contributed by atoms with Crippen LogP contribution < -0.4 is 10.6 Å². The van der Waals surface area contributed by atoms with Gasteiger partial charge in [0.1, 0.15) is 23.5 Å². The number of pyridine rings is 1. The molecule has 4 rings (SSSR count). The highest BCUT2D eigenvalue weighted by atomic mass is 16.5. The van der Waals surface area contributed by atoms with Crippen molar-refractivity contribution in [2.45, 2.75) is 83.3 Å². The predicted octanol–water partition coefficient (Wildman–Crippen LogP) is 4.21. The first kappa shape index (κ1) is 24.4. The smallest absolute Gasteiger partial charge is 0.326 e. The first-order valence-corrected chi connectivity index (χ1v) is 12.4. The number of fused-ring (bicyclic) bond motifs is 1. The van der Waals surface area contributed by atoms with Crippen LogP contribution in [-0.2, 0) is 27.8 Å². The summed E-state index contributed by atoms with van der Waals surface area (Å²) in [6, 6.07) is 5.34. The number of anilines is 2. The summed E-state index contributed by atoms with van der Waals surface area (Å²) in [6.07, 6.45) is 8.76. The van der Waals surface area contributed by atoms with Gasteiger partial charge in [0.15, 0.2) is 0 Å². The maximum Gasteiger partial charge on any atom is 0.326 e. The van der Waals surface area contributed by atoms with Crippen LogP contribution in [0.15, 0.2) is 24.4 Å². The maximum absolute atomic E-state index is 11.7. The number of nitrogens with one attached hydrogen (secondary N) is 2. The molecule has 1 fully saturated rings. The second-order valence-electron chi connectivity index (χ2n) is 10.5. The number of carboxylic acids is 1. The minimum atomic E-state index is -0.905. The summed E-state index contributed by atoms with van der Waals surface area (Å²) >= 11 is 0. The minimum Gasteiger partial charge on any atom is -0.480 e. The van der Waals surface area contributed by atoms with Crippen molar-refractivity contribution in [3.05, 3.63) is 41.5 Å². The molecule has 2 aliphatic rings. The normalized spacial score (nSPS) is 20.6. The molecule has 0 saturated heterocycles. The van der Waals surface area contributed by atoms with Crippen molar-refractivity contribution in [2.24, 2.45) is 5.92 Å². The van der Waals surface area contributed by atoms with E-state index >= 15 is 0 Å². The summed E-state index contributed by atoms with van der Waals surface area (Å²) < 4.78 is 5.97. The SMILES string of the molecule is CC(C)(C)c1nccc(NC(CCOC2CC(CCc3ccc4c(n3)NCCC4)C2)C(=O)O)n1. The van der Waals surface area contributed by atoms with E-state index in [1.807, 2.05) is 20.8 Å². The lowest BCUT2D eigenvalue weighted by Crippen LogP contribution is -2.35. The van der Waals surface area contributed by atoms with Gasteiger partial charge in [0.05, 0.1) is 6.10 Å². The molecule has 2 aromatic heterocycles. The maximum atomic E-state index is 11.7. The molecule has 0 radical (unpaired) electrons. The average Bonchev–Trinajstić information content (AvgIpc) is 2.78. The van der Waals surface area contributed by atoms with Crippen molar-refractivity contribution in [1.29, 1.82) is 0 Å². The van der Waals surface area contributed by atoms with E-state index in [0.29, 0.717) is 30.6 Å². The van der Waals surface area contributed by atoms with Crippen LogP contribution >= 0.6 is 0 Å². The molecule has 1 saturated carbocycles. The summed E-state index contributed by atoms with van der Waals surface area (Å²) in [5, 5.41) is 16.1. The molecule has 1 aliphatic heterocycles. The van der Waals surface area contributed by atoms with E-state index in [1.165, 1.54) is 12.0 Å². The van der Waals surface area contributed by atoms with Crippen molar-refractivity contribution in [2.75, 3.05) is 23.8 Å². The molecule has 0 spiro atoms. The van der Waals surface area contributed by atoms with Gasteiger partial charge in [-0.2, -0.15) is 0 Å². The Morgan fingerprint density at radius 1 is 1.26 bits per heavy atom. The van der Waals surface area contributed by atoms with Crippen molar-refractivity contribution in [1.82, 2.24) is 15.0 Å². The van der Waals surface area contributed by atoms with Crippen LogP contribution in [0.2, 0.25) is 0 Å². The van der Waals surface area contributed by atoms with Gasteiger partial charge >= 0.3 is 5.97 Å². The Morgan fingerprint density at radius 2 is 2.09 bits per heavy atom. The first-order valence-electron chi connectivity index (χ1n) is 12.4. The lowest BCUT2D eigenvalue weighted by molar-refractivity contribution is -0.138. The average molecular weight is 468 g/mol. The Kier molecular flexibility index (Phi) is 7.66. The van der Waals surface area contributed by atoms with Gasteiger partial charge in [0.25, 0.3) is 0 Å². The number of carboxylic acid groups (broad SMARTS) is 1. The first-order chi connectivity index (χ1) is 16.3. The standard InChI is InChI=1S/C26H37N5O3/c1-26(2,3)25-28-13-10-22(31-25)30-21(24(32)33)11-14-34-20-15-17(16-20)6-8-19-9-7-18-5-4-12-27-23(18)29-19/h7,9-10,13,17,20-21H,4-6,8,11-12,14-16H2,1-3H3,(H,27,29)(H,32,33)(H,28,30,31). The van der Waals surface area contributed by atoms with Gasteiger partial charge in [-0.25, -0.2) is 19.7 Å². The van der Waals surface area contributed by atoms with Crippen LogP contribution in [0.4, 0.5) is 11.6 Å². The number of aliphatic carboxylic acids is 1. The molecule has 3 N–H and O–H groups in total. The summed E-state index contributed by atoms with van der Waals surface area (Å²) in [4.78, 5) is 25.3. The fourth-order valence-electron chi connectivity index (χ4n) is 4.50. The number of rotatable bonds is 10. The van der Waals surface area contributed by atoms with Gasteiger partial charge in [-0.3, -0.25) is 0 Å². The zero-order chi connectivity index (χ0) is 24.1. The lowest BCUT2D eigenvalue weighted by atomic mass is 9.79. The summed E-state index contributed by atoms with van der Waals surface area (Å²) in [7, 11) is 0. The molecule has 0 bridgehead atoms. The Hall–Kier alpha value is -2.74. The quantitative estimate of drug-likeness (QED) is 0.477. The zero-order valence-corrected chi connectivity index (χ0v) is 20.5. The predicted molar refractivity (Wildman–Crippen MR) is 132 cm³/mol. The second-order valence-corrected chi connectivity index (χ2v) is 10.5. The van der Waals surface area contributed by atoms with Gasteiger partial charge in [-0.1, -0.05) is 26.8 Å². The monoisotopic (exact) mass is 467 g/mol. The number of hydrogen-bond acceptors (Lipinski definition) is 7. The van der Waals surface area contributed by atoms with Crippen LogP contribution in [-0.4, -0.2) is 51.3 Å². The van der Waals surface area contributed by atoms with E-state index in [4.69, 9.17) is 9.72 Å². The Bertz CT molecular complexity index is 985. The zero-order valence-electron chi connectivity index (χ0n) is 20.5. The summed E-state index contributed by atoms with van der Waals surface area (Å²) in [5.41, 5.74) is 2.29. The van der Waals surface area contributed by atoms with Crippen LogP contribution in [0.1, 0.15) is 70.0 Å². The van der Waals surface area contributed by atoms with Crippen molar-refractivity contribution < 1.29 is 14.6 Å². The lowest BCUT2D eigenvalue weighted by Gasteiger charge is -2.35. The Morgan fingerprint density at radius 3 is 2.85 bits per heavy atom. The molecule has 2 aromatic rings. The van der Waals surface area contributed by atoms with Crippen LogP contribution in [0, 0.1) is 5.92 Å². The molecule has 0 aromatic carbocycles. The Balaban J connectivity index is 1.16. The highest BCUT2D eigenvalue weighted by Gasteiger charge is 2.30. The molecule has 3 heterocycles. The fourth-order valence-corrected chi connectivity index (χ4v) is 4.50. The van der Waals surface area contributed by atoms with Crippen molar-refractivity contribution in [3.8, 4) is 0 Å². The fraction of sp³-hybridized carbons (Fsp3) is 0.615. The van der Waals surface area contributed by atoms with Gasteiger partial charge in [0.2, 0.25) is 0 Å². The van der Waals surface area contributed by atoms with Crippen LogP contribution in [0.3, 0.4) is 0 Å². The highest BCUT2D eigenvalue weighted by molar-refractivity contribution is 5.76. The summed E-state index contributed by atoms with van der Waals surface area (Å²) in [5.74, 6) is 2.03. The molecule has 184 valence electrons. The van der Waals surface area contributed by atoms with Gasteiger partial charge in [0, 0.05) is 36.9 Å². The molecule has 0 amide bonds. The molecule has 1 unspecified atom stereocenters. The second kappa shape index (κ2) is 10.7. The highest BCUT2D eigenvalue weighted by Crippen LogP contribution is 2.34. The van der Waals surface area contributed by atoms with Gasteiger partial charge < -0.3 is 20.5 Å². The molecule has 8 nitrogen and oxygen atoms in total. The van der Waals surface area contributed by atoms with E-state index in [9.17, 15) is 9.90 Å². The molecular weight excluding hydrogens is 430 g/mol. The number of aromatic nitrogens is 3. The van der Waals surface area contributed by atoms with E-state index in [1.54, 1.807) is 12.3 Å². The largest absolute Gasteiger partial charge is 0.480 e. The molecule has 34 heavy (non-hydrogen) atoms. The molecule has 1 atom stereocenters. The number of carbonyl (C=O) groups is 1. The summed E-state index contributed by atoms with van der Waals surface area (Å²) in [6.45, 7) is 7.51. The third kappa shape index (κ3) is 6.44.